The molecule has 0 unspecified atom stereocenters. The smallest absolute Gasteiger partial charge is 0.233 e. The topological polar surface area (TPSA) is 48.5 Å². The minimum Gasteiger partial charge on any atom is -0.359 e. The number of hydrogen-bond acceptors (Lipinski definition) is 4. The highest BCUT2D eigenvalue weighted by atomic mass is 19.1. The number of anilines is 1. The predicted octanol–water partition coefficient (Wildman–Crippen LogP) is 2.27. The zero-order valence-corrected chi connectivity index (χ0v) is 14.8. The first kappa shape index (κ1) is 17.6. The summed E-state index contributed by atoms with van der Waals surface area (Å²) in [7, 11) is 3.71. The van der Waals surface area contributed by atoms with E-state index >= 15 is 0 Å². The van der Waals surface area contributed by atoms with E-state index in [4.69, 9.17) is 0 Å². The van der Waals surface area contributed by atoms with Gasteiger partial charge in [-0.25, -0.2) is 9.37 Å². The Hall–Kier alpha value is -2.21. The molecule has 1 fully saturated rings. The second-order valence-corrected chi connectivity index (χ2v) is 6.78. The first-order valence-corrected chi connectivity index (χ1v) is 8.75. The lowest BCUT2D eigenvalue weighted by Crippen LogP contribution is -2.42. The SMILES string of the molecule is CNC(=O)CN1CCC(CN(C)c2ccc3ccc(F)cc3n2)CC1. The number of likely N-dealkylation sites (tertiary alicyclic amines) is 1. The third kappa shape index (κ3) is 4.45. The molecule has 1 aliphatic heterocycles. The van der Waals surface area contributed by atoms with Crippen molar-refractivity contribution < 1.29 is 9.18 Å². The van der Waals surface area contributed by atoms with Crippen molar-refractivity contribution in [1.29, 1.82) is 0 Å². The largest absolute Gasteiger partial charge is 0.359 e. The van der Waals surface area contributed by atoms with E-state index in [0.717, 1.165) is 43.7 Å². The van der Waals surface area contributed by atoms with Crippen molar-refractivity contribution in [3.05, 3.63) is 36.1 Å². The van der Waals surface area contributed by atoms with Crippen LogP contribution in [0.3, 0.4) is 0 Å². The monoisotopic (exact) mass is 344 g/mol. The predicted molar refractivity (Wildman–Crippen MR) is 98.2 cm³/mol. The number of aromatic nitrogens is 1. The van der Waals surface area contributed by atoms with E-state index in [1.807, 2.05) is 19.2 Å². The number of nitrogens with zero attached hydrogens (tertiary/aromatic N) is 3. The van der Waals surface area contributed by atoms with Crippen LogP contribution in [0, 0.1) is 11.7 Å². The molecular weight excluding hydrogens is 319 g/mol. The fourth-order valence-electron chi connectivity index (χ4n) is 3.38. The van der Waals surface area contributed by atoms with Crippen molar-refractivity contribution in [1.82, 2.24) is 15.2 Å². The van der Waals surface area contributed by atoms with Gasteiger partial charge >= 0.3 is 0 Å². The first-order valence-electron chi connectivity index (χ1n) is 8.75. The van der Waals surface area contributed by atoms with E-state index in [-0.39, 0.29) is 11.7 Å². The Morgan fingerprint density at radius 2 is 2.04 bits per heavy atom. The quantitative estimate of drug-likeness (QED) is 0.904. The van der Waals surface area contributed by atoms with E-state index in [0.29, 0.717) is 18.0 Å². The number of likely N-dealkylation sites (N-methyl/N-ethyl adjacent to an activating group) is 1. The maximum Gasteiger partial charge on any atom is 0.233 e. The van der Waals surface area contributed by atoms with E-state index in [1.165, 1.54) is 12.1 Å². The fourth-order valence-corrected chi connectivity index (χ4v) is 3.38. The maximum absolute atomic E-state index is 13.4. The number of piperidine rings is 1. The molecule has 1 aromatic carbocycles. The molecule has 1 N–H and O–H groups in total. The van der Waals surface area contributed by atoms with Crippen LogP contribution in [0.5, 0.6) is 0 Å². The summed E-state index contributed by atoms with van der Waals surface area (Å²) in [5, 5.41) is 3.62. The van der Waals surface area contributed by atoms with Gasteiger partial charge in [-0.3, -0.25) is 9.69 Å². The summed E-state index contributed by atoms with van der Waals surface area (Å²) in [5.41, 5.74) is 0.685. The summed E-state index contributed by atoms with van der Waals surface area (Å²) in [4.78, 5) is 20.4. The maximum atomic E-state index is 13.4. The van der Waals surface area contributed by atoms with Gasteiger partial charge in [0.25, 0.3) is 0 Å². The number of halogens is 1. The Labute approximate surface area is 147 Å². The van der Waals surface area contributed by atoms with Crippen LogP contribution in [-0.4, -0.2) is 56.1 Å². The molecule has 2 aromatic rings. The first-order chi connectivity index (χ1) is 12.0. The van der Waals surface area contributed by atoms with Gasteiger partial charge in [0, 0.05) is 32.1 Å². The standard InChI is InChI=1S/C19H25FN4O/c1-21-19(25)13-24-9-7-14(8-10-24)12-23(2)18-6-4-15-3-5-16(20)11-17(15)22-18/h3-6,11,14H,7-10,12-13H2,1-2H3,(H,21,25). The molecule has 2 heterocycles. The normalized spacial score (nSPS) is 16.1. The number of amides is 1. The number of rotatable bonds is 5. The molecule has 3 rings (SSSR count). The summed E-state index contributed by atoms with van der Waals surface area (Å²) in [6.45, 7) is 3.29. The van der Waals surface area contributed by atoms with Crippen LogP contribution in [0.15, 0.2) is 30.3 Å². The van der Waals surface area contributed by atoms with Crippen LogP contribution >= 0.6 is 0 Å². The van der Waals surface area contributed by atoms with Crippen molar-refractivity contribution in [2.75, 3.05) is 45.2 Å². The Morgan fingerprint density at radius 1 is 1.32 bits per heavy atom. The van der Waals surface area contributed by atoms with Crippen molar-refractivity contribution >= 4 is 22.6 Å². The van der Waals surface area contributed by atoms with Crippen molar-refractivity contribution in [2.45, 2.75) is 12.8 Å². The lowest BCUT2D eigenvalue weighted by Gasteiger charge is -2.33. The molecule has 0 radical (unpaired) electrons. The molecule has 1 saturated heterocycles. The molecule has 0 saturated carbocycles. The minimum atomic E-state index is -0.261. The van der Waals surface area contributed by atoms with Crippen LogP contribution in [0.2, 0.25) is 0 Å². The number of carbonyl (C=O) groups is 1. The molecule has 5 nitrogen and oxygen atoms in total. The van der Waals surface area contributed by atoms with Crippen LogP contribution in [0.4, 0.5) is 10.2 Å². The number of benzene rings is 1. The van der Waals surface area contributed by atoms with Gasteiger partial charge in [0.05, 0.1) is 12.1 Å². The van der Waals surface area contributed by atoms with Crippen molar-refractivity contribution in [3.63, 3.8) is 0 Å². The van der Waals surface area contributed by atoms with Crippen LogP contribution in [-0.2, 0) is 4.79 Å². The lowest BCUT2D eigenvalue weighted by molar-refractivity contribution is -0.122. The molecule has 6 heteroatoms. The molecule has 25 heavy (non-hydrogen) atoms. The van der Waals surface area contributed by atoms with Gasteiger partial charge < -0.3 is 10.2 Å². The highest BCUT2D eigenvalue weighted by Gasteiger charge is 2.22. The van der Waals surface area contributed by atoms with Gasteiger partial charge in [-0.2, -0.15) is 0 Å². The van der Waals surface area contributed by atoms with E-state index in [9.17, 15) is 9.18 Å². The van der Waals surface area contributed by atoms with Crippen molar-refractivity contribution in [2.24, 2.45) is 5.92 Å². The number of carbonyl (C=O) groups excluding carboxylic acids is 1. The average Bonchev–Trinajstić information content (AvgIpc) is 2.62. The molecular formula is C19H25FN4O. The van der Waals surface area contributed by atoms with Gasteiger partial charge in [0.1, 0.15) is 11.6 Å². The number of pyridine rings is 1. The summed E-state index contributed by atoms with van der Waals surface area (Å²) in [6, 6.07) is 8.66. The van der Waals surface area contributed by atoms with Gasteiger partial charge in [0.2, 0.25) is 5.91 Å². The minimum absolute atomic E-state index is 0.0724. The molecule has 1 aliphatic rings. The molecule has 1 aromatic heterocycles. The van der Waals surface area contributed by atoms with E-state index in [1.54, 1.807) is 13.1 Å². The Kier molecular flexibility index (Phi) is 5.48. The zero-order valence-electron chi connectivity index (χ0n) is 14.8. The summed E-state index contributed by atoms with van der Waals surface area (Å²) >= 11 is 0. The summed E-state index contributed by atoms with van der Waals surface area (Å²) in [6.07, 6.45) is 2.15. The third-order valence-corrected chi connectivity index (χ3v) is 4.92. The zero-order chi connectivity index (χ0) is 17.8. The van der Waals surface area contributed by atoms with Gasteiger partial charge in [0.15, 0.2) is 0 Å². The highest BCUT2D eigenvalue weighted by molar-refractivity contribution is 5.80. The Bertz CT molecular complexity index is 743. The average molecular weight is 344 g/mol. The molecule has 0 bridgehead atoms. The molecule has 1 amide bonds. The molecule has 0 atom stereocenters. The summed E-state index contributed by atoms with van der Waals surface area (Å²) in [5.74, 6) is 1.26. The van der Waals surface area contributed by atoms with E-state index < -0.39 is 0 Å². The molecule has 134 valence electrons. The van der Waals surface area contributed by atoms with Gasteiger partial charge in [-0.15, -0.1) is 0 Å². The van der Waals surface area contributed by atoms with E-state index in [2.05, 4.69) is 20.1 Å². The Morgan fingerprint density at radius 3 is 2.76 bits per heavy atom. The molecule has 0 aliphatic carbocycles. The number of nitrogens with one attached hydrogen (secondary N) is 1. The number of hydrogen-bond donors (Lipinski definition) is 1. The van der Waals surface area contributed by atoms with Gasteiger partial charge in [-0.1, -0.05) is 0 Å². The third-order valence-electron chi connectivity index (χ3n) is 4.92. The van der Waals surface area contributed by atoms with Gasteiger partial charge in [-0.05, 0) is 56.1 Å². The lowest BCUT2D eigenvalue weighted by atomic mass is 9.96. The molecule has 0 spiro atoms. The van der Waals surface area contributed by atoms with Crippen LogP contribution in [0.25, 0.3) is 10.9 Å². The highest BCUT2D eigenvalue weighted by Crippen LogP contribution is 2.22. The second kappa shape index (κ2) is 7.78. The number of fused-ring (bicyclic) bond motifs is 1. The summed E-state index contributed by atoms with van der Waals surface area (Å²) < 4.78 is 13.4. The van der Waals surface area contributed by atoms with Crippen LogP contribution in [0.1, 0.15) is 12.8 Å². The van der Waals surface area contributed by atoms with Crippen LogP contribution < -0.4 is 10.2 Å². The Balaban J connectivity index is 1.57. The second-order valence-electron chi connectivity index (χ2n) is 6.78. The fraction of sp³-hybridized carbons (Fsp3) is 0.474. The van der Waals surface area contributed by atoms with Crippen molar-refractivity contribution in [3.8, 4) is 0 Å².